The number of rotatable bonds is 6. The zero-order valence-corrected chi connectivity index (χ0v) is 14.5. The molecule has 0 aliphatic rings. The summed E-state index contributed by atoms with van der Waals surface area (Å²) >= 11 is 0. The van der Waals surface area contributed by atoms with Gasteiger partial charge in [-0.1, -0.05) is 0 Å². The molecule has 28 heavy (non-hydrogen) atoms. The maximum absolute atomic E-state index is 10.4. The van der Waals surface area contributed by atoms with Crippen LogP contribution in [0.4, 0.5) is 11.4 Å². The zero-order chi connectivity index (χ0) is 21.4. The second-order valence-electron chi connectivity index (χ2n) is 4.93. The van der Waals surface area contributed by atoms with Crippen molar-refractivity contribution in [3.63, 3.8) is 0 Å². The number of phenols is 2. The number of nitrogens with zero attached hydrogens (tertiary/aromatic N) is 2. The van der Waals surface area contributed by atoms with E-state index in [0.717, 1.165) is 12.1 Å². The summed E-state index contributed by atoms with van der Waals surface area (Å²) in [4.78, 5) is 40.1. The maximum Gasteiger partial charge on any atom is 0.315 e. The number of methoxy groups -OCH3 is 2. The van der Waals surface area contributed by atoms with Gasteiger partial charge < -0.3 is 19.7 Å². The van der Waals surface area contributed by atoms with Gasteiger partial charge in [-0.25, -0.2) is 0 Å². The third-order valence-corrected chi connectivity index (χ3v) is 3.26. The van der Waals surface area contributed by atoms with E-state index in [4.69, 9.17) is 0 Å². The Kier molecular flexibility index (Phi) is 7.38. The lowest BCUT2D eigenvalue weighted by atomic mass is 10.2. The molecule has 0 saturated carbocycles. The number of hydrogen-bond donors (Lipinski definition) is 2. The van der Waals surface area contributed by atoms with Gasteiger partial charge in [-0.15, -0.1) is 0 Å². The van der Waals surface area contributed by atoms with E-state index in [1.807, 2.05) is 0 Å². The summed E-state index contributed by atoms with van der Waals surface area (Å²) in [5.74, 6) is -1.35. The smallest absolute Gasteiger partial charge is 0.315 e. The van der Waals surface area contributed by atoms with Crippen LogP contribution in [0.3, 0.4) is 0 Å². The van der Waals surface area contributed by atoms with Crippen LogP contribution < -0.4 is 9.47 Å². The molecule has 0 aliphatic heterocycles. The normalized spacial score (nSPS) is 9.50. The molecule has 12 heteroatoms. The maximum atomic E-state index is 10.4. The van der Waals surface area contributed by atoms with Gasteiger partial charge in [-0.3, -0.25) is 29.8 Å². The predicted molar refractivity (Wildman–Crippen MR) is 93.4 cm³/mol. The quantitative estimate of drug-likeness (QED) is 0.419. The van der Waals surface area contributed by atoms with Crippen molar-refractivity contribution < 1.29 is 39.1 Å². The third-order valence-electron chi connectivity index (χ3n) is 3.26. The molecule has 0 amide bonds. The van der Waals surface area contributed by atoms with Crippen LogP contribution in [-0.4, -0.2) is 46.9 Å². The van der Waals surface area contributed by atoms with Gasteiger partial charge in [-0.2, -0.15) is 0 Å². The molecule has 12 nitrogen and oxygen atoms in total. The van der Waals surface area contributed by atoms with E-state index in [2.05, 4.69) is 9.47 Å². The molecule has 2 N–H and O–H groups in total. The average Bonchev–Trinajstić information content (AvgIpc) is 2.68. The molecule has 0 spiro atoms. The van der Waals surface area contributed by atoms with Gasteiger partial charge in [0, 0.05) is 23.3 Å². The fourth-order valence-electron chi connectivity index (χ4n) is 1.95. The molecule has 0 saturated heterocycles. The molecule has 2 rings (SSSR count). The van der Waals surface area contributed by atoms with Crippen LogP contribution in [0.15, 0.2) is 24.3 Å². The number of aromatic hydroxyl groups is 2. The first kappa shape index (κ1) is 21.8. The standard InChI is InChI=1S/2C8H7NO5/c2*1-14-7-3-5(4-10)2-6(8(7)11)9(12)13/h2*2-4,11H,1H3. The Labute approximate surface area is 156 Å². The Morgan fingerprint density at radius 1 is 0.786 bits per heavy atom. The number of ether oxygens (including phenoxy) is 2. The molecule has 0 fully saturated rings. The Hall–Kier alpha value is -4.22. The van der Waals surface area contributed by atoms with Crippen LogP contribution in [0.25, 0.3) is 0 Å². The lowest BCUT2D eigenvalue weighted by molar-refractivity contribution is -0.386. The monoisotopic (exact) mass is 394 g/mol. The van der Waals surface area contributed by atoms with Crippen molar-refractivity contribution in [2.24, 2.45) is 0 Å². The van der Waals surface area contributed by atoms with Gasteiger partial charge >= 0.3 is 11.4 Å². The molecule has 0 unspecified atom stereocenters. The van der Waals surface area contributed by atoms with Crippen LogP contribution in [0, 0.1) is 20.2 Å². The van der Waals surface area contributed by atoms with E-state index in [-0.39, 0.29) is 22.6 Å². The molecule has 0 heterocycles. The molecule has 0 radical (unpaired) electrons. The Morgan fingerprint density at radius 3 is 1.32 bits per heavy atom. The van der Waals surface area contributed by atoms with E-state index >= 15 is 0 Å². The first-order valence-electron chi connectivity index (χ1n) is 7.21. The second kappa shape index (κ2) is 9.47. The summed E-state index contributed by atoms with van der Waals surface area (Å²) in [7, 11) is 2.49. The highest BCUT2D eigenvalue weighted by Crippen LogP contribution is 2.37. The lowest BCUT2D eigenvalue weighted by Crippen LogP contribution is -1.94. The predicted octanol–water partition coefficient (Wildman–Crippen LogP) is 2.24. The number of phenolic OH excluding ortho intramolecular Hbond substituents is 2. The van der Waals surface area contributed by atoms with Crippen molar-refractivity contribution in [1.82, 2.24) is 0 Å². The van der Waals surface area contributed by atoms with Gasteiger partial charge in [0.05, 0.1) is 24.1 Å². The zero-order valence-electron chi connectivity index (χ0n) is 14.5. The van der Waals surface area contributed by atoms with Gasteiger partial charge in [0.2, 0.25) is 11.5 Å². The molecule has 0 bridgehead atoms. The molecule has 0 aliphatic carbocycles. The number of nitro groups is 2. The summed E-state index contributed by atoms with van der Waals surface area (Å²) in [6.45, 7) is 0. The van der Waals surface area contributed by atoms with Crippen molar-refractivity contribution in [3.05, 3.63) is 55.6 Å². The Balaban J connectivity index is 0.000000280. The molecule has 148 valence electrons. The number of hydrogen-bond acceptors (Lipinski definition) is 10. The lowest BCUT2D eigenvalue weighted by Gasteiger charge is -2.03. The minimum atomic E-state index is -0.787. The molecular formula is C16H14N2O10. The number of nitro benzene ring substituents is 2. The van der Waals surface area contributed by atoms with Crippen LogP contribution >= 0.6 is 0 Å². The fourth-order valence-corrected chi connectivity index (χ4v) is 1.95. The topological polar surface area (TPSA) is 179 Å². The highest BCUT2D eigenvalue weighted by Gasteiger charge is 2.20. The number of benzene rings is 2. The summed E-state index contributed by atoms with van der Waals surface area (Å²) < 4.78 is 9.33. The first-order valence-corrected chi connectivity index (χ1v) is 7.21. The van der Waals surface area contributed by atoms with E-state index in [9.17, 15) is 40.0 Å². The highest BCUT2D eigenvalue weighted by molar-refractivity contribution is 5.80. The first-order chi connectivity index (χ1) is 13.2. The van der Waals surface area contributed by atoms with E-state index < -0.39 is 32.7 Å². The van der Waals surface area contributed by atoms with Gasteiger partial charge in [0.1, 0.15) is 12.6 Å². The molecule has 2 aromatic rings. The number of carbonyl (C=O) groups excluding carboxylic acids is 2. The minimum absolute atomic E-state index is 0.0753. The van der Waals surface area contributed by atoms with Crippen LogP contribution in [-0.2, 0) is 0 Å². The highest BCUT2D eigenvalue weighted by atomic mass is 16.6. The Morgan fingerprint density at radius 2 is 1.11 bits per heavy atom. The largest absolute Gasteiger partial charge is 0.500 e. The average molecular weight is 394 g/mol. The number of carbonyl (C=O) groups is 2. The van der Waals surface area contributed by atoms with Crippen molar-refractivity contribution in [2.45, 2.75) is 0 Å². The molecule has 0 atom stereocenters. The molecule has 0 aromatic heterocycles. The second-order valence-corrected chi connectivity index (χ2v) is 4.93. The van der Waals surface area contributed by atoms with Crippen LogP contribution in [0.5, 0.6) is 23.0 Å². The fraction of sp³-hybridized carbons (Fsp3) is 0.125. The molecule has 2 aromatic carbocycles. The Bertz CT molecular complexity index is 851. The van der Waals surface area contributed by atoms with E-state index in [1.54, 1.807) is 0 Å². The van der Waals surface area contributed by atoms with Crippen molar-refractivity contribution in [2.75, 3.05) is 14.2 Å². The van der Waals surface area contributed by atoms with Gasteiger partial charge in [-0.05, 0) is 12.1 Å². The summed E-state index contributed by atoms with van der Waals surface area (Å²) in [6.07, 6.45) is 0.879. The van der Waals surface area contributed by atoms with E-state index in [1.165, 1.54) is 26.4 Å². The minimum Gasteiger partial charge on any atom is -0.500 e. The summed E-state index contributed by atoms with van der Waals surface area (Å²) in [5.41, 5.74) is -0.949. The summed E-state index contributed by atoms with van der Waals surface area (Å²) in [6, 6.07) is 4.39. The van der Waals surface area contributed by atoms with E-state index in [0.29, 0.717) is 12.6 Å². The van der Waals surface area contributed by atoms with Crippen LogP contribution in [0.1, 0.15) is 20.7 Å². The van der Waals surface area contributed by atoms with Crippen molar-refractivity contribution in [1.29, 1.82) is 0 Å². The summed E-state index contributed by atoms with van der Waals surface area (Å²) in [5, 5.41) is 39.5. The van der Waals surface area contributed by atoms with Gasteiger partial charge in [0.25, 0.3) is 0 Å². The van der Waals surface area contributed by atoms with Gasteiger partial charge in [0.15, 0.2) is 11.5 Å². The number of aldehydes is 2. The third kappa shape index (κ3) is 4.91. The van der Waals surface area contributed by atoms with Crippen molar-refractivity contribution in [3.8, 4) is 23.0 Å². The molecular weight excluding hydrogens is 380 g/mol. The van der Waals surface area contributed by atoms with Crippen LogP contribution in [0.2, 0.25) is 0 Å². The van der Waals surface area contributed by atoms with Crippen molar-refractivity contribution >= 4 is 23.9 Å². The SMILES string of the molecule is COc1cc(C=O)cc([N+](=O)[O-])c1O.COc1cc(C=O)cc([N+](=O)[O-])c1O.